The summed E-state index contributed by atoms with van der Waals surface area (Å²) in [6.07, 6.45) is -4.60. The summed E-state index contributed by atoms with van der Waals surface area (Å²) < 4.78 is 43.8. The molecule has 0 radical (unpaired) electrons. The highest BCUT2D eigenvalue weighted by Crippen LogP contribution is 2.37. The number of benzene rings is 1. The number of halogens is 3. The lowest BCUT2D eigenvalue weighted by molar-refractivity contribution is -0.188. The second-order valence-electron chi connectivity index (χ2n) is 5.88. The van der Waals surface area contributed by atoms with E-state index in [9.17, 15) is 22.8 Å². The van der Waals surface area contributed by atoms with Crippen LogP contribution in [-0.4, -0.2) is 54.8 Å². The van der Waals surface area contributed by atoms with Gasteiger partial charge in [0.05, 0.1) is 18.9 Å². The van der Waals surface area contributed by atoms with Crippen molar-refractivity contribution < 1.29 is 32.6 Å². The molecule has 0 bridgehead atoms. The number of rotatable bonds is 6. The summed E-state index contributed by atoms with van der Waals surface area (Å²) >= 11 is 0. The number of alkyl halides is 3. The van der Waals surface area contributed by atoms with Crippen LogP contribution in [0.25, 0.3) is 0 Å². The molecule has 0 spiro atoms. The van der Waals surface area contributed by atoms with Crippen LogP contribution in [0.2, 0.25) is 0 Å². The Kier molecular flexibility index (Phi) is 5.89. The van der Waals surface area contributed by atoms with Crippen molar-refractivity contribution in [3.63, 3.8) is 0 Å². The third kappa shape index (κ3) is 5.09. The topological polar surface area (TPSA) is 78.9 Å². The third-order valence-corrected chi connectivity index (χ3v) is 4.14. The molecule has 1 saturated heterocycles. The maximum Gasteiger partial charge on any atom is 0.393 e. The van der Waals surface area contributed by atoms with Crippen LogP contribution < -0.4 is 10.1 Å². The molecule has 1 aromatic carbocycles. The first kappa shape index (κ1) is 19.0. The summed E-state index contributed by atoms with van der Waals surface area (Å²) in [6.45, 7) is -0.564. The minimum atomic E-state index is -4.57. The number of methoxy groups -OCH3 is 1. The van der Waals surface area contributed by atoms with Gasteiger partial charge in [0.1, 0.15) is 5.75 Å². The Morgan fingerprint density at radius 1 is 1.36 bits per heavy atom. The number of carboxylic acids is 1. The summed E-state index contributed by atoms with van der Waals surface area (Å²) in [7, 11) is 1.49. The van der Waals surface area contributed by atoms with Crippen LogP contribution in [0.5, 0.6) is 5.75 Å². The SMILES string of the molecule is COc1cccc(NC(=O)CCN2C[C@@H](C(F)(F)F)[C@H](C(=O)O)C2)c1. The highest BCUT2D eigenvalue weighted by atomic mass is 19.4. The molecule has 1 heterocycles. The Balaban J connectivity index is 1.88. The highest BCUT2D eigenvalue weighted by molar-refractivity contribution is 5.91. The Hall–Kier alpha value is -2.29. The highest BCUT2D eigenvalue weighted by Gasteiger charge is 2.52. The van der Waals surface area contributed by atoms with Gasteiger partial charge < -0.3 is 20.1 Å². The zero-order valence-electron chi connectivity index (χ0n) is 13.5. The molecule has 1 fully saturated rings. The van der Waals surface area contributed by atoms with Gasteiger partial charge in [0.15, 0.2) is 0 Å². The molecular formula is C16H19F3N2O4. The Labute approximate surface area is 142 Å². The van der Waals surface area contributed by atoms with Crippen LogP contribution in [0.3, 0.4) is 0 Å². The van der Waals surface area contributed by atoms with Gasteiger partial charge >= 0.3 is 12.1 Å². The number of ether oxygens (including phenoxy) is 1. The van der Waals surface area contributed by atoms with E-state index in [2.05, 4.69) is 5.32 Å². The van der Waals surface area contributed by atoms with Crippen LogP contribution in [0.15, 0.2) is 24.3 Å². The van der Waals surface area contributed by atoms with Crippen LogP contribution in [-0.2, 0) is 9.59 Å². The van der Waals surface area contributed by atoms with Crippen LogP contribution >= 0.6 is 0 Å². The van der Waals surface area contributed by atoms with Crippen molar-refractivity contribution in [2.75, 3.05) is 32.1 Å². The summed E-state index contributed by atoms with van der Waals surface area (Å²) in [6, 6.07) is 6.69. The van der Waals surface area contributed by atoms with Gasteiger partial charge in [0, 0.05) is 37.8 Å². The molecule has 1 aliphatic rings. The van der Waals surface area contributed by atoms with Crippen molar-refractivity contribution in [3.05, 3.63) is 24.3 Å². The van der Waals surface area contributed by atoms with Gasteiger partial charge in [-0.15, -0.1) is 0 Å². The van der Waals surface area contributed by atoms with Crippen molar-refractivity contribution in [1.29, 1.82) is 0 Å². The number of nitrogens with zero attached hydrogens (tertiary/aromatic N) is 1. The largest absolute Gasteiger partial charge is 0.497 e. The van der Waals surface area contributed by atoms with E-state index in [1.165, 1.54) is 12.0 Å². The maximum absolute atomic E-state index is 12.9. The molecule has 6 nitrogen and oxygen atoms in total. The summed E-state index contributed by atoms with van der Waals surface area (Å²) in [5.41, 5.74) is 0.516. The van der Waals surface area contributed by atoms with Gasteiger partial charge in [-0.3, -0.25) is 9.59 Å². The van der Waals surface area contributed by atoms with E-state index < -0.39 is 30.5 Å². The number of carbonyl (C=O) groups is 2. The first-order chi connectivity index (χ1) is 11.7. The number of amides is 1. The predicted octanol–water partition coefficient (Wildman–Crippen LogP) is 2.22. The molecule has 0 aliphatic carbocycles. The number of anilines is 1. The Morgan fingerprint density at radius 3 is 2.64 bits per heavy atom. The van der Waals surface area contributed by atoms with Gasteiger partial charge in [-0.25, -0.2) is 0 Å². The third-order valence-electron chi connectivity index (χ3n) is 4.14. The lowest BCUT2D eigenvalue weighted by Gasteiger charge is -2.18. The van der Waals surface area contributed by atoms with Gasteiger partial charge in [-0.1, -0.05) is 6.07 Å². The minimum Gasteiger partial charge on any atom is -0.497 e. The van der Waals surface area contributed by atoms with E-state index in [-0.39, 0.29) is 25.4 Å². The van der Waals surface area contributed by atoms with Crippen molar-refractivity contribution in [2.45, 2.75) is 12.6 Å². The van der Waals surface area contributed by atoms with Crippen molar-refractivity contribution in [3.8, 4) is 5.75 Å². The molecule has 1 aromatic rings. The van der Waals surface area contributed by atoms with Crippen molar-refractivity contribution in [1.82, 2.24) is 4.90 Å². The quantitative estimate of drug-likeness (QED) is 0.813. The average molecular weight is 360 g/mol. The molecule has 2 rings (SSSR count). The molecule has 1 amide bonds. The number of nitrogens with one attached hydrogen (secondary N) is 1. The summed E-state index contributed by atoms with van der Waals surface area (Å²) in [5.74, 6) is -4.68. The van der Waals surface area contributed by atoms with E-state index in [1.807, 2.05) is 0 Å². The molecule has 138 valence electrons. The number of hydrogen-bond acceptors (Lipinski definition) is 4. The van der Waals surface area contributed by atoms with E-state index in [4.69, 9.17) is 9.84 Å². The molecule has 0 aromatic heterocycles. The van der Waals surface area contributed by atoms with Crippen LogP contribution in [0.4, 0.5) is 18.9 Å². The van der Waals surface area contributed by atoms with Gasteiger partial charge in [-0.2, -0.15) is 13.2 Å². The smallest absolute Gasteiger partial charge is 0.393 e. The monoisotopic (exact) mass is 360 g/mol. The molecule has 0 unspecified atom stereocenters. The normalized spacial score (nSPS) is 21.1. The number of carboxylic acid groups (broad SMARTS) is 1. The average Bonchev–Trinajstić information content (AvgIpc) is 2.98. The molecule has 2 N–H and O–H groups in total. The molecule has 0 saturated carbocycles. The van der Waals surface area contributed by atoms with Gasteiger partial charge in [-0.05, 0) is 12.1 Å². The Bertz CT molecular complexity index is 636. The zero-order valence-corrected chi connectivity index (χ0v) is 13.5. The van der Waals surface area contributed by atoms with E-state index in [1.54, 1.807) is 24.3 Å². The number of aliphatic carboxylic acids is 1. The molecular weight excluding hydrogens is 341 g/mol. The van der Waals surface area contributed by atoms with E-state index in [0.717, 1.165) is 0 Å². The zero-order chi connectivity index (χ0) is 18.6. The lowest BCUT2D eigenvalue weighted by Crippen LogP contribution is -2.33. The van der Waals surface area contributed by atoms with Crippen molar-refractivity contribution >= 4 is 17.6 Å². The summed E-state index contributed by atoms with van der Waals surface area (Å²) in [5, 5.41) is 11.6. The predicted molar refractivity (Wildman–Crippen MR) is 83.4 cm³/mol. The second-order valence-corrected chi connectivity index (χ2v) is 5.88. The second kappa shape index (κ2) is 7.73. The first-order valence-electron chi connectivity index (χ1n) is 7.66. The minimum absolute atomic E-state index is 0.0336. The standard InChI is InChI=1S/C16H19F3N2O4/c1-25-11-4-2-3-10(7-11)20-14(22)5-6-21-8-12(15(23)24)13(9-21)16(17,18)19/h2-4,7,12-13H,5-6,8-9H2,1H3,(H,20,22)(H,23,24)/t12-,13-/m1/s1. The molecule has 2 atom stereocenters. The fourth-order valence-corrected chi connectivity index (χ4v) is 2.83. The number of carbonyl (C=O) groups excluding carboxylic acids is 1. The van der Waals surface area contributed by atoms with E-state index >= 15 is 0 Å². The number of hydrogen-bond donors (Lipinski definition) is 2. The van der Waals surface area contributed by atoms with Gasteiger partial charge in [0.2, 0.25) is 5.91 Å². The molecule has 1 aliphatic heterocycles. The van der Waals surface area contributed by atoms with Crippen LogP contribution in [0.1, 0.15) is 6.42 Å². The molecule has 25 heavy (non-hydrogen) atoms. The first-order valence-corrected chi connectivity index (χ1v) is 7.66. The van der Waals surface area contributed by atoms with Crippen LogP contribution in [0, 0.1) is 11.8 Å². The van der Waals surface area contributed by atoms with E-state index in [0.29, 0.717) is 11.4 Å². The fourth-order valence-electron chi connectivity index (χ4n) is 2.83. The summed E-state index contributed by atoms with van der Waals surface area (Å²) in [4.78, 5) is 24.3. The lowest BCUT2D eigenvalue weighted by atomic mass is 9.96. The van der Waals surface area contributed by atoms with Crippen molar-refractivity contribution in [2.24, 2.45) is 11.8 Å². The molecule has 9 heteroatoms. The Morgan fingerprint density at radius 2 is 2.08 bits per heavy atom. The maximum atomic E-state index is 12.9. The van der Waals surface area contributed by atoms with Gasteiger partial charge in [0.25, 0.3) is 0 Å². The fraction of sp³-hybridized carbons (Fsp3) is 0.500. The number of likely N-dealkylation sites (tertiary alicyclic amines) is 1.